The zero-order chi connectivity index (χ0) is 8.27. The van der Waals surface area contributed by atoms with Crippen LogP contribution in [0.4, 0.5) is 0 Å². The van der Waals surface area contributed by atoms with E-state index in [1.807, 2.05) is 18.7 Å². The highest BCUT2D eigenvalue weighted by molar-refractivity contribution is 7.99. The van der Waals surface area contributed by atoms with Gasteiger partial charge in [0.2, 0.25) is 0 Å². The Bertz CT molecular complexity index is 232. The van der Waals surface area contributed by atoms with Crippen LogP contribution in [0.2, 0.25) is 0 Å². The molecule has 0 fully saturated rings. The molecule has 1 aromatic heterocycles. The first-order chi connectivity index (χ1) is 5.24. The molecule has 0 saturated heterocycles. The van der Waals surface area contributed by atoms with Crippen molar-refractivity contribution in [1.82, 2.24) is 9.78 Å². The molecule has 11 heavy (non-hydrogen) atoms. The second kappa shape index (κ2) is 4.07. The van der Waals surface area contributed by atoms with Crippen LogP contribution in [0.25, 0.3) is 0 Å². The van der Waals surface area contributed by atoms with E-state index in [9.17, 15) is 0 Å². The number of aromatic nitrogens is 2. The number of hydrogen-bond acceptors (Lipinski definition) is 3. The summed E-state index contributed by atoms with van der Waals surface area (Å²) in [4.78, 5) is 0. The Morgan fingerprint density at radius 2 is 2.45 bits per heavy atom. The zero-order valence-electron chi connectivity index (χ0n) is 6.74. The van der Waals surface area contributed by atoms with Gasteiger partial charge in [0.05, 0.1) is 10.7 Å². The van der Waals surface area contributed by atoms with E-state index in [0.717, 1.165) is 17.2 Å². The van der Waals surface area contributed by atoms with Gasteiger partial charge in [0.15, 0.2) is 0 Å². The predicted molar refractivity (Wildman–Crippen MR) is 52.5 cm³/mol. The predicted octanol–water partition coefficient (Wildman–Crippen LogP) is 1.75. The first-order valence-electron chi connectivity index (χ1n) is 3.48. The highest BCUT2D eigenvalue weighted by atomic mass is 32.2. The second-order valence-corrected chi connectivity index (χ2v) is 3.88. The van der Waals surface area contributed by atoms with Gasteiger partial charge in [0.25, 0.3) is 0 Å². The molecule has 0 atom stereocenters. The normalized spacial score (nSPS) is 10.5. The van der Waals surface area contributed by atoms with Crippen LogP contribution < -0.4 is 0 Å². The van der Waals surface area contributed by atoms with Gasteiger partial charge < -0.3 is 0 Å². The molecule has 0 bridgehead atoms. The fourth-order valence-electron chi connectivity index (χ4n) is 0.872. The van der Waals surface area contributed by atoms with Gasteiger partial charge in [-0.15, -0.1) is 11.8 Å². The Kier molecular flexibility index (Phi) is 3.33. The van der Waals surface area contributed by atoms with E-state index in [1.165, 1.54) is 5.03 Å². The third-order valence-electron chi connectivity index (χ3n) is 1.30. The molecule has 0 unspecified atom stereocenters. The van der Waals surface area contributed by atoms with E-state index >= 15 is 0 Å². The number of thiol groups is 1. The highest BCUT2D eigenvalue weighted by Crippen LogP contribution is 2.17. The summed E-state index contributed by atoms with van der Waals surface area (Å²) in [6.07, 6.45) is 0. The Hall–Kier alpha value is -0.0900. The average Bonchev–Trinajstić information content (AvgIpc) is 2.26. The topological polar surface area (TPSA) is 17.8 Å². The fraction of sp³-hybridized carbons (Fsp3) is 0.571. The van der Waals surface area contributed by atoms with Gasteiger partial charge in [0.1, 0.15) is 0 Å². The molecule has 1 heterocycles. The van der Waals surface area contributed by atoms with Crippen molar-refractivity contribution in [3.8, 4) is 0 Å². The summed E-state index contributed by atoms with van der Waals surface area (Å²) in [5.41, 5.74) is 1.08. The molecule has 0 saturated carbocycles. The van der Waals surface area contributed by atoms with Crippen LogP contribution >= 0.6 is 24.4 Å². The standard InChI is InChI=1S/C7H12N2S2/c1-6-5-7(9(2)8-6)11-4-3-10/h5,10H,3-4H2,1-2H3. The summed E-state index contributed by atoms with van der Waals surface area (Å²) in [7, 11) is 1.97. The van der Waals surface area contributed by atoms with E-state index < -0.39 is 0 Å². The molecule has 0 aromatic carbocycles. The fourth-order valence-corrected chi connectivity index (χ4v) is 1.93. The van der Waals surface area contributed by atoms with Gasteiger partial charge in [0, 0.05) is 12.8 Å². The summed E-state index contributed by atoms with van der Waals surface area (Å²) < 4.78 is 1.91. The minimum atomic E-state index is 0.912. The van der Waals surface area contributed by atoms with Gasteiger partial charge in [-0.3, -0.25) is 4.68 Å². The van der Waals surface area contributed by atoms with E-state index in [2.05, 4.69) is 23.8 Å². The van der Waals surface area contributed by atoms with Crippen molar-refractivity contribution in [2.24, 2.45) is 7.05 Å². The molecular formula is C7H12N2S2. The van der Waals surface area contributed by atoms with Crippen molar-refractivity contribution in [1.29, 1.82) is 0 Å². The maximum Gasteiger partial charge on any atom is 0.0939 e. The number of thioether (sulfide) groups is 1. The lowest BCUT2D eigenvalue weighted by Crippen LogP contribution is -1.93. The van der Waals surface area contributed by atoms with Gasteiger partial charge in [-0.05, 0) is 18.7 Å². The van der Waals surface area contributed by atoms with Crippen molar-refractivity contribution in [2.75, 3.05) is 11.5 Å². The highest BCUT2D eigenvalue weighted by Gasteiger charge is 2.00. The van der Waals surface area contributed by atoms with Crippen molar-refractivity contribution in [2.45, 2.75) is 11.9 Å². The molecule has 4 heteroatoms. The lowest BCUT2D eigenvalue weighted by molar-refractivity contribution is 0.692. The second-order valence-electron chi connectivity index (χ2n) is 2.32. The number of aryl methyl sites for hydroxylation is 2. The minimum Gasteiger partial charge on any atom is -0.262 e. The maximum atomic E-state index is 4.23. The van der Waals surface area contributed by atoms with Crippen molar-refractivity contribution in [3.63, 3.8) is 0 Å². The molecule has 0 spiro atoms. The lowest BCUT2D eigenvalue weighted by atomic mass is 10.5. The molecule has 0 radical (unpaired) electrons. The summed E-state index contributed by atoms with van der Waals surface area (Å²) in [5.74, 6) is 1.96. The van der Waals surface area contributed by atoms with E-state index in [4.69, 9.17) is 0 Å². The van der Waals surface area contributed by atoms with Crippen LogP contribution in [-0.2, 0) is 7.05 Å². The van der Waals surface area contributed by atoms with Crippen LogP contribution in [-0.4, -0.2) is 21.3 Å². The van der Waals surface area contributed by atoms with E-state index in [0.29, 0.717) is 0 Å². The molecule has 0 N–H and O–H groups in total. The van der Waals surface area contributed by atoms with E-state index in [1.54, 1.807) is 11.8 Å². The maximum absolute atomic E-state index is 4.23. The smallest absolute Gasteiger partial charge is 0.0939 e. The summed E-state index contributed by atoms with van der Waals surface area (Å²) in [5, 5.41) is 5.45. The van der Waals surface area contributed by atoms with Gasteiger partial charge in [-0.25, -0.2) is 0 Å². The molecule has 0 aliphatic heterocycles. The lowest BCUT2D eigenvalue weighted by Gasteiger charge is -1.97. The Morgan fingerprint density at radius 1 is 1.73 bits per heavy atom. The van der Waals surface area contributed by atoms with Crippen molar-refractivity contribution in [3.05, 3.63) is 11.8 Å². The average molecular weight is 188 g/mol. The Balaban J connectivity index is 2.62. The molecule has 62 valence electrons. The number of hydrogen-bond donors (Lipinski definition) is 1. The minimum absolute atomic E-state index is 0.912. The van der Waals surface area contributed by atoms with Gasteiger partial charge in [-0.2, -0.15) is 17.7 Å². The zero-order valence-corrected chi connectivity index (χ0v) is 8.45. The third-order valence-corrected chi connectivity index (χ3v) is 2.91. The molecule has 0 aliphatic carbocycles. The third kappa shape index (κ3) is 2.45. The largest absolute Gasteiger partial charge is 0.262 e. The molecule has 1 aromatic rings. The first-order valence-corrected chi connectivity index (χ1v) is 5.10. The van der Waals surface area contributed by atoms with Crippen LogP contribution in [0.15, 0.2) is 11.1 Å². The molecule has 2 nitrogen and oxygen atoms in total. The van der Waals surface area contributed by atoms with E-state index in [-0.39, 0.29) is 0 Å². The quantitative estimate of drug-likeness (QED) is 0.575. The molecule has 1 rings (SSSR count). The van der Waals surface area contributed by atoms with Crippen LogP contribution in [0.1, 0.15) is 5.69 Å². The van der Waals surface area contributed by atoms with Gasteiger partial charge >= 0.3 is 0 Å². The molecular weight excluding hydrogens is 176 g/mol. The Morgan fingerprint density at radius 3 is 2.91 bits per heavy atom. The molecule has 0 amide bonds. The van der Waals surface area contributed by atoms with Crippen molar-refractivity contribution < 1.29 is 0 Å². The summed E-state index contributed by atoms with van der Waals surface area (Å²) in [6, 6.07) is 2.09. The Labute approximate surface area is 76.8 Å². The summed E-state index contributed by atoms with van der Waals surface area (Å²) in [6.45, 7) is 2.00. The van der Waals surface area contributed by atoms with Crippen LogP contribution in [0, 0.1) is 6.92 Å². The van der Waals surface area contributed by atoms with Crippen molar-refractivity contribution >= 4 is 24.4 Å². The SMILES string of the molecule is Cc1cc(SCCS)n(C)n1. The monoisotopic (exact) mass is 188 g/mol. The molecule has 0 aliphatic rings. The first kappa shape index (κ1) is 9.00. The van der Waals surface area contributed by atoms with Gasteiger partial charge in [-0.1, -0.05) is 0 Å². The van der Waals surface area contributed by atoms with Crippen LogP contribution in [0.5, 0.6) is 0 Å². The summed E-state index contributed by atoms with van der Waals surface area (Å²) >= 11 is 5.93. The number of rotatable bonds is 3. The number of nitrogens with zero attached hydrogens (tertiary/aromatic N) is 2. The van der Waals surface area contributed by atoms with Crippen LogP contribution in [0.3, 0.4) is 0 Å².